The van der Waals surface area contributed by atoms with E-state index in [1.54, 1.807) is 20.8 Å². The van der Waals surface area contributed by atoms with E-state index in [0.29, 0.717) is 18.4 Å². The smallest absolute Gasteiger partial charge is 0.349 e. The van der Waals surface area contributed by atoms with Crippen molar-refractivity contribution in [3.8, 4) is 0 Å². The van der Waals surface area contributed by atoms with Crippen LogP contribution in [0.25, 0.3) is 0 Å². The Morgan fingerprint density at radius 2 is 2.26 bits per heavy atom. The number of piperidine rings is 1. The highest BCUT2D eigenvalue weighted by Gasteiger charge is 2.33. The lowest BCUT2D eigenvalue weighted by Gasteiger charge is -2.32. The molecule has 0 aromatic carbocycles. The van der Waals surface area contributed by atoms with Crippen molar-refractivity contribution in [2.24, 2.45) is 11.8 Å². The SMILES string of the molecule is CCOC(=O)C(C)(C)OC1=CC2CNCCC2C=C1. The Labute approximate surface area is 114 Å². The molecule has 2 unspecified atom stereocenters. The van der Waals surface area contributed by atoms with Crippen LogP contribution in [0.15, 0.2) is 24.0 Å². The first kappa shape index (κ1) is 14.1. The quantitative estimate of drug-likeness (QED) is 0.790. The summed E-state index contributed by atoms with van der Waals surface area (Å²) in [6.07, 6.45) is 7.46. The van der Waals surface area contributed by atoms with Crippen LogP contribution in [-0.2, 0) is 14.3 Å². The molecule has 0 aromatic rings. The lowest BCUT2D eigenvalue weighted by atomic mass is 9.83. The first-order chi connectivity index (χ1) is 9.03. The molecule has 1 N–H and O–H groups in total. The van der Waals surface area contributed by atoms with E-state index in [4.69, 9.17) is 9.47 Å². The third-order valence-corrected chi connectivity index (χ3v) is 3.61. The van der Waals surface area contributed by atoms with Crippen molar-refractivity contribution in [3.63, 3.8) is 0 Å². The predicted octanol–water partition coefficient (Wildman–Crippen LogP) is 2.02. The van der Waals surface area contributed by atoms with Gasteiger partial charge in [0.25, 0.3) is 0 Å². The molecule has 0 aromatic heterocycles. The number of allylic oxidation sites excluding steroid dienone is 2. The normalized spacial score (nSPS) is 26.4. The van der Waals surface area contributed by atoms with Crippen molar-refractivity contribution in [1.29, 1.82) is 0 Å². The molecule has 1 saturated heterocycles. The molecule has 1 aliphatic heterocycles. The van der Waals surface area contributed by atoms with Crippen LogP contribution in [0.4, 0.5) is 0 Å². The largest absolute Gasteiger partial charge is 0.477 e. The van der Waals surface area contributed by atoms with Gasteiger partial charge in [-0.15, -0.1) is 0 Å². The maximum absolute atomic E-state index is 11.8. The van der Waals surface area contributed by atoms with Crippen LogP contribution in [0.2, 0.25) is 0 Å². The number of fused-ring (bicyclic) bond motifs is 1. The summed E-state index contributed by atoms with van der Waals surface area (Å²) in [6, 6.07) is 0. The lowest BCUT2D eigenvalue weighted by molar-refractivity contribution is -0.163. The molecule has 2 rings (SSSR count). The van der Waals surface area contributed by atoms with Gasteiger partial charge in [0, 0.05) is 6.54 Å². The Morgan fingerprint density at radius 3 is 3.00 bits per heavy atom. The van der Waals surface area contributed by atoms with E-state index in [0.717, 1.165) is 25.3 Å². The molecule has 2 aliphatic rings. The van der Waals surface area contributed by atoms with E-state index in [-0.39, 0.29) is 5.97 Å². The Morgan fingerprint density at radius 1 is 1.47 bits per heavy atom. The number of carbonyl (C=O) groups is 1. The van der Waals surface area contributed by atoms with Crippen LogP contribution in [0.3, 0.4) is 0 Å². The van der Waals surface area contributed by atoms with Gasteiger partial charge in [-0.05, 0) is 57.7 Å². The summed E-state index contributed by atoms with van der Waals surface area (Å²) in [5.74, 6) is 1.50. The molecule has 0 spiro atoms. The average Bonchev–Trinajstić information content (AvgIpc) is 2.38. The topological polar surface area (TPSA) is 47.6 Å². The maximum Gasteiger partial charge on any atom is 0.349 e. The summed E-state index contributed by atoms with van der Waals surface area (Å²) in [7, 11) is 0. The molecule has 0 radical (unpaired) electrons. The number of esters is 1. The first-order valence-electron chi connectivity index (χ1n) is 7.00. The highest BCUT2D eigenvalue weighted by Crippen LogP contribution is 2.30. The third-order valence-electron chi connectivity index (χ3n) is 3.61. The van der Waals surface area contributed by atoms with E-state index in [2.05, 4.69) is 17.5 Å². The van der Waals surface area contributed by atoms with Crippen LogP contribution in [0, 0.1) is 11.8 Å². The molecule has 4 nitrogen and oxygen atoms in total. The molecular formula is C15H23NO3. The van der Waals surface area contributed by atoms with Crippen molar-refractivity contribution >= 4 is 5.97 Å². The standard InChI is InChI=1S/C15H23NO3/c1-4-18-14(17)15(2,3)19-13-6-5-11-7-8-16-10-12(11)9-13/h5-6,9,11-12,16H,4,7-8,10H2,1-3H3. The number of hydrogen-bond acceptors (Lipinski definition) is 4. The van der Waals surface area contributed by atoms with Crippen molar-refractivity contribution < 1.29 is 14.3 Å². The maximum atomic E-state index is 11.8. The fourth-order valence-corrected chi connectivity index (χ4v) is 2.52. The molecule has 19 heavy (non-hydrogen) atoms. The van der Waals surface area contributed by atoms with Crippen LogP contribution in [-0.4, -0.2) is 31.3 Å². The second-order valence-corrected chi connectivity index (χ2v) is 5.58. The van der Waals surface area contributed by atoms with Gasteiger partial charge in [0.05, 0.1) is 6.61 Å². The monoisotopic (exact) mass is 265 g/mol. The zero-order chi connectivity index (χ0) is 13.9. The molecule has 4 heteroatoms. The Bertz CT molecular complexity index is 398. The molecule has 0 saturated carbocycles. The predicted molar refractivity (Wildman–Crippen MR) is 73.5 cm³/mol. The van der Waals surface area contributed by atoms with Gasteiger partial charge < -0.3 is 14.8 Å². The molecule has 2 atom stereocenters. The van der Waals surface area contributed by atoms with E-state index >= 15 is 0 Å². The van der Waals surface area contributed by atoms with Crippen molar-refractivity contribution in [2.75, 3.05) is 19.7 Å². The highest BCUT2D eigenvalue weighted by molar-refractivity contribution is 5.78. The van der Waals surface area contributed by atoms with Crippen LogP contribution in [0.1, 0.15) is 27.2 Å². The Kier molecular flexibility index (Phi) is 4.30. The molecule has 1 fully saturated rings. The van der Waals surface area contributed by atoms with Gasteiger partial charge in [-0.3, -0.25) is 0 Å². The number of carbonyl (C=O) groups excluding carboxylic acids is 1. The minimum absolute atomic E-state index is 0.326. The average molecular weight is 265 g/mol. The van der Waals surface area contributed by atoms with Gasteiger partial charge >= 0.3 is 5.97 Å². The first-order valence-corrected chi connectivity index (χ1v) is 7.00. The zero-order valence-corrected chi connectivity index (χ0v) is 11.9. The lowest BCUT2D eigenvalue weighted by Crippen LogP contribution is -2.38. The zero-order valence-electron chi connectivity index (χ0n) is 11.9. The Balaban J connectivity index is 2.01. The minimum atomic E-state index is -0.943. The molecular weight excluding hydrogens is 242 g/mol. The second-order valence-electron chi connectivity index (χ2n) is 5.58. The van der Waals surface area contributed by atoms with Gasteiger partial charge in [0.1, 0.15) is 5.76 Å². The molecule has 0 amide bonds. The van der Waals surface area contributed by atoms with Gasteiger partial charge in [0.2, 0.25) is 0 Å². The van der Waals surface area contributed by atoms with Crippen LogP contribution >= 0.6 is 0 Å². The van der Waals surface area contributed by atoms with E-state index in [1.807, 2.05) is 6.08 Å². The summed E-state index contributed by atoms with van der Waals surface area (Å²) in [5, 5.41) is 3.38. The molecule has 106 valence electrons. The van der Waals surface area contributed by atoms with Crippen LogP contribution in [0.5, 0.6) is 0 Å². The molecule has 1 aliphatic carbocycles. The minimum Gasteiger partial charge on any atom is -0.477 e. The number of rotatable bonds is 4. The summed E-state index contributed by atoms with van der Waals surface area (Å²) in [6.45, 7) is 7.70. The van der Waals surface area contributed by atoms with E-state index in [9.17, 15) is 4.79 Å². The second kappa shape index (κ2) is 5.78. The van der Waals surface area contributed by atoms with Gasteiger partial charge in [-0.25, -0.2) is 4.79 Å². The fraction of sp³-hybridized carbons (Fsp3) is 0.667. The van der Waals surface area contributed by atoms with E-state index in [1.165, 1.54) is 0 Å². The highest BCUT2D eigenvalue weighted by atomic mass is 16.6. The van der Waals surface area contributed by atoms with Crippen molar-refractivity contribution in [1.82, 2.24) is 5.32 Å². The van der Waals surface area contributed by atoms with Gasteiger partial charge in [-0.2, -0.15) is 0 Å². The summed E-state index contributed by atoms with van der Waals surface area (Å²) >= 11 is 0. The van der Waals surface area contributed by atoms with Crippen LogP contribution < -0.4 is 5.32 Å². The van der Waals surface area contributed by atoms with E-state index < -0.39 is 5.60 Å². The summed E-state index contributed by atoms with van der Waals surface area (Å²) in [4.78, 5) is 11.8. The molecule has 1 heterocycles. The third kappa shape index (κ3) is 3.38. The van der Waals surface area contributed by atoms with Gasteiger partial charge in [0.15, 0.2) is 5.60 Å². The van der Waals surface area contributed by atoms with Crippen molar-refractivity contribution in [2.45, 2.75) is 32.8 Å². The number of ether oxygens (including phenoxy) is 2. The van der Waals surface area contributed by atoms with Gasteiger partial charge in [-0.1, -0.05) is 6.08 Å². The molecule has 0 bridgehead atoms. The number of hydrogen-bond donors (Lipinski definition) is 1. The summed E-state index contributed by atoms with van der Waals surface area (Å²) < 4.78 is 10.8. The Hall–Kier alpha value is -1.29. The van der Waals surface area contributed by atoms with Crippen molar-refractivity contribution in [3.05, 3.63) is 24.0 Å². The fourth-order valence-electron chi connectivity index (χ4n) is 2.52. The summed E-state index contributed by atoms with van der Waals surface area (Å²) in [5.41, 5.74) is -0.943. The number of nitrogens with one attached hydrogen (secondary N) is 1.